The molecule has 8 heteroatoms. The van der Waals surface area contributed by atoms with Gasteiger partial charge in [-0.05, 0) is 12.1 Å². The van der Waals surface area contributed by atoms with Crippen molar-refractivity contribution >= 4 is 15.7 Å². The Kier molecular flexibility index (Phi) is 3.55. The number of nitrogens with zero attached hydrogens (tertiary/aromatic N) is 1. The third-order valence-corrected chi connectivity index (χ3v) is 3.33. The lowest BCUT2D eigenvalue weighted by molar-refractivity contribution is -0.388. The molecule has 0 amide bonds. The van der Waals surface area contributed by atoms with E-state index < -0.39 is 31.3 Å². The van der Waals surface area contributed by atoms with Crippen LogP contribution in [0.3, 0.4) is 0 Å². The predicted molar refractivity (Wildman–Crippen MR) is 53.9 cm³/mol. The van der Waals surface area contributed by atoms with Crippen molar-refractivity contribution < 1.29 is 17.7 Å². The van der Waals surface area contributed by atoms with Gasteiger partial charge in [-0.15, -0.1) is 0 Å². The monoisotopic (exact) mass is 248 g/mol. The van der Waals surface area contributed by atoms with E-state index in [2.05, 4.69) is 4.72 Å². The lowest BCUT2D eigenvalue weighted by Crippen LogP contribution is -2.24. The van der Waals surface area contributed by atoms with Crippen LogP contribution in [0.5, 0.6) is 0 Å². The van der Waals surface area contributed by atoms with Crippen molar-refractivity contribution in [3.63, 3.8) is 0 Å². The molecule has 0 fully saturated rings. The van der Waals surface area contributed by atoms with Crippen molar-refractivity contribution in [2.45, 2.75) is 11.8 Å². The number of rotatable bonds is 4. The van der Waals surface area contributed by atoms with Crippen molar-refractivity contribution in [2.75, 3.05) is 6.54 Å². The highest BCUT2D eigenvalue weighted by Crippen LogP contribution is 2.24. The second-order valence-electron chi connectivity index (χ2n) is 2.87. The Morgan fingerprint density at radius 3 is 2.62 bits per heavy atom. The highest BCUT2D eigenvalue weighted by atomic mass is 32.2. The molecule has 0 radical (unpaired) electrons. The number of nitrogens with one attached hydrogen (secondary N) is 1. The van der Waals surface area contributed by atoms with Gasteiger partial charge in [-0.25, -0.2) is 17.5 Å². The lowest BCUT2D eigenvalue weighted by atomic mass is 10.3. The maximum Gasteiger partial charge on any atom is 0.292 e. The molecule has 1 aromatic carbocycles. The number of halogens is 1. The molecular weight excluding hydrogens is 239 g/mol. The van der Waals surface area contributed by atoms with Gasteiger partial charge >= 0.3 is 0 Å². The summed E-state index contributed by atoms with van der Waals surface area (Å²) in [4.78, 5) is 9.09. The molecule has 0 heterocycles. The molecule has 88 valence electrons. The molecule has 0 bridgehead atoms. The maximum absolute atomic E-state index is 12.8. The Hall–Kier alpha value is -1.54. The van der Waals surface area contributed by atoms with E-state index in [1.54, 1.807) is 0 Å². The molecular formula is C8H9FN2O4S. The van der Waals surface area contributed by atoms with Crippen molar-refractivity contribution in [3.05, 3.63) is 34.1 Å². The maximum atomic E-state index is 12.8. The summed E-state index contributed by atoms with van der Waals surface area (Å²) >= 11 is 0. The van der Waals surface area contributed by atoms with E-state index in [4.69, 9.17) is 0 Å². The van der Waals surface area contributed by atoms with Crippen LogP contribution in [0, 0.1) is 15.9 Å². The molecule has 0 atom stereocenters. The van der Waals surface area contributed by atoms with Gasteiger partial charge < -0.3 is 0 Å². The molecule has 1 N–H and O–H groups in total. The van der Waals surface area contributed by atoms with Crippen LogP contribution in [0.25, 0.3) is 0 Å². The SMILES string of the molecule is CCNS(=O)(=O)c1ccc(F)cc1[N+](=O)[O-]. The fraction of sp³-hybridized carbons (Fsp3) is 0.250. The number of hydrogen-bond donors (Lipinski definition) is 1. The molecule has 16 heavy (non-hydrogen) atoms. The Morgan fingerprint density at radius 1 is 1.50 bits per heavy atom. The summed E-state index contributed by atoms with van der Waals surface area (Å²) in [6.45, 7) is 1.63. The van der Waals surface area contributed by atoms with E-state index in [9.17, 15) is 22.9 Å². The summed E-state index contributed by atoms with van der Waals surface area (Å²) in [5, 5.41) is 10.6. The van der Waals surface area contributed by atoms with Crippen LogP contribution in [0.15, 0.2) is 23.1 Å². The molecule has 0 saturated heterocycles. The molecule has 1 aromatic rings. The highest BCUT2D eigenvalue weighted by molar-refractivity contribution is 7.89. The smallest absolute Gasteiger partial charge is 0.258 e. The molecule has 1 rings (SSSR count). The first-order valence-corrected chi connectivity index (χ1v) is 5.80. The number of sulfonamides is 1. The first kappa shape index (κ1) is 12.5. The van der Waals surface area contributed by atoms with Gasteiger partial charge in [-0.3, -0.25) is 10.1 Å². The Morgan fingerprint density at radius 2 is 2.12 bits per heavy atom. The van der Waals surface area contributed by atoms with E-state index >= 15 is 0 Å². The Labute approximate surface area is 91.3 Å². The van der Waals surface area contributed by atoms with Gasteiger partial charge in [-0.2, -0.15) is 0 Å². The van der Waals surface area contributed by atoms with Crippen LogP contribution in [0.1, 0.15) is 6.92 Å². The molecule has 0 aliphatic carbocycles. The fourth-order valence-corrected chi connectivity index (χ4v) is 2.32. The molecule has 0 unspecified atom stereocenters. The minimum absolute atomic E-state index is 0.0941. The van der Waals surface area contributed by atoms with E-state index in [1.165, 1.54) is 6.92 Å². The van der Waals surface area contributed by atoms with Gasteiger partial charge in [0.25, 0.3) is 5.69 Å². The molecule has 0 aliphatic rings. The largest absolute Gasteiger partial charge is 0.292 e. The van der Waals surface area contributed by atoms with Crippen LogP contribution in [0.2, 0.25) is 0 Å². The summed E-state index contributed by atoms with van der Waals surface area (Å²) in [6, 6.07) is 2.30. The van der Waals surface area contributed by atoms with Crippen molar-refractivity contribution in [3.8, 4) is 0 Å². The van der Waals surface area contributed by atoms with Gasteiger partial charge in [-0.1, -0.05) is 6.92 Å². The van der Waals surface area contributed by atoms with Gasteiger partial charge in [0.15, 0.2) is 4.90 Å². The number of nitro benzene ring substituents is 1. The first-order valence-electron chi connectivity index (χ1n) is 4.32. The highest BCUT2D eigenvalue weighted by Gasteiger charge is 2.25. The second kappa shape index (κ2) is 4.54. The molecule has 0 aliphatic heterocycles. The molecule has 0 spiro atoms. The average molecular weight is 248 g/mol. The van der Waals surface area contributed by atoms with Crippen LogP contribution in [-0.2, 0) is 10.0 Å². The van der Waals surface area contributed by atoms with Gasteiger partial charge in [0.2, 0.25) is 10.0 Å². The minimum atomic E-state index is -3.96. The minimum Gasteiger partial charge on any atom is -0.258 e. The Balaban J connectivity index is 3.39. The normalized spacial score (nSPS) is 11.4. The van der Waals surface area contributed by atoms with Crippen LogP contribution >= 0.6 is 0 Å². The summed E-state index contributed by atoms with van der Waals surface area (Å²) in [7, 11) is -3.96. The van der Waals surface area contributed by atoms with Gasteiger partial charge in [0.1, 0.15) is 5.82 Å². The van der Waals surface area contributed by atoms with E-state index in [1.807, 2.05) is 0 Å². The topological polar surface area (TPSA) is 89.3 Å². The zero-order valence-corrected chi connectivity index (χ0v) is 9.12. The van der Waals surface area contributed by atoms with Crippen LogP contribution in [-0.4, -0.2) is 19.9 Å². The molecule has 6 nitrogen and oxygen atoms in total. The van der Waals surface area contributed by atoms with E-state index in [0.717, 1.165) is 12.1 Å². The average Bonchev–Trinajstić information content (AvgIpc) is 2.16. The number of benzene rings is 1. The standard InChI is InChI=1S/C8H9FN2O4S/c1-2-10-16(14,15)8-4-3-6(9)5-7(8)11(12)13/h3-5,10H,2H2,1H3. The quantitative estimate of drug-likeness (QED) is 0.636. The third kappa shape index (κ3) is 2.52. The molecule has 0 aromatic heterocycles. The predicted octanol–water partition coefficient (Wildman–Crippen LogP) is 1.03. The van der Waals surface area contributed by atoms with Gasteiger partial charge in [0, 0.05) is 6.54 Å². The third-order valence-electron chi connectivity index (χ3n) is 1.74. The fourth-order valence-electron chi connectivity index (χ4n) is 1.13. The zero-order chi connectivity index (χ0) is 12.3. The van der Waals surface area contributed by atoms with Crippen molar-refractivity contribution in [1.82, 2.24) is 4.72 Å². The van der Waals surface area contributed by atoms with Crippen LogP contribution < -0.4 is 4.72 Å². The summed E-state index contributed by atoms with van der Waals surface area (Å²) < 4.78 is 37.9. The van der Waals surface area contributed by atoms with E-state index in [-0.39, 0.29) is 6.54 Å². The first-order chi connectivity index (χ1) is 7.38. The number of hydrogen-bond acceptors (Lipinski definition) is 4. The number of nitro groups is 1. The summed E-state index contributed by atoms with van der Waals surface area (Å²) in [6.07, 6.45) is 0. The van der Waals surface area contributed by atoms with Gasteiger partial charge in [0.05, 0.1) is 11.0 Å². The summed E-state index contributed by atoms with van der Waals surface area (Å²) in [5.41, 5.74) is -0.777. The molecule has 0 saturated carbocycles. The van der Waals surface area contributed by atoms with Crippen molar-refractivity contribution in [1.29, 1.82) is 0 Å². The summed E-state index contributed by atoms with van der Waals surface area (Å²) in [5.74, 6) is -0.859. The van der Waals surface area contributed by atoms with E-state index in [0.29, 0.717) is 6.07 Å². The second-order valence-corrected chi connectivity index (χ2v) is 4.61. The lowest BCUT2D eigenvalue weighted by Gasteiger charge is -2.04. The Bertz CT molecular complexity index is 515. The van der Waals surface area contributed by atoms with Crippen LogP contribution in [0.4, 0.5) is 10.1 Å². The zero-order valence-electron chi connectivity index (χ0n) is 8.31. The van der Waals surface area contributed by atoms with Crippen molar-refractivity contribution in [2.24, 2.45) is 0 Å².